The number of nitrogens with zero attached hydrogens (tertiary/aromatic N) is 1. The van der Waals surface area contributed by atoms with E-state index in [1.54, 1.807) is 43.7 Å². The molecule has 1 aliphatic rings. The van der Waals surface area contributed by atoms with Crippen LogP contribution in [0, 0.1) is 0 Å². The lowest BCUT2D eigenvalue weighted by Gasteiger charge is -2.33. The van der Waals surface area contributed by atoms with E-state index in [0.717, 1.165) is 30.7 Å². The quantitative estimate of drug-likeness (QED) is 0.650. The number of piperidine rings is 1. The number of hydrogen-bond acceptors (Lipinski definition) is 4. The number of hydrogen-bond donors (Lipinski definition) is 1. The van der Waals surface area contributed by atoms with E-state index in [2.05, 4.69) is 5.32 Å². The van der Waals surface area contributed by atoms with Crippen LogP contribution in [0.5, 0.6) is 5.75 Å². The molecule has 1 saturated heterocycles. The lowest BCUT2D eigenvalue weighted by atomic mass is 9.89. The average Bonchev–Trinajstić information content (AvgIpc) is 3.36. The first-order valence-electron chi connectivity index (χ1n) is 10.5. The molecule has 1 fully saturated rings. The maximum Gasteiger partial charge on any atom is 0.253 e. The van der Waals surface area contributed by atoms with Crippen molar-refractivity contribution >= 4 is 11.8 Å². The predicted octanol–water partition coefficient (Wildman–Crippen LogP) is 4.24. The van der Waals surface area contributed by atoms with Gasteiger partial charge in [0, 0.05) is 30.1 Å². The highest BCUT2D eigenvalue weighted by Crippen LogP contribution is 2.28. The number of carbonyl (C=O) groups excluding carboxylic acids is 2. The maximum atomic E-state index is 13.0. The first-order valence-corrected chi connectivity index (χ1v) is 10.5. The summed E-state index contributed by atoms with van der Waals surface area (Å²) in [5, 5.41) is 2.88. The molecular weight excluding hydrogens is 392 g/mol. The van der Waals surface area contributed by atoms with Crippen LogP contribution in [0.4, 0.5) is 0 Å². The summed E-state index contributed by atoms with van der Waals surface area (Å²) in [5.74, 6) is 1.54. The molecule has 6 heteroatoms. The Kier molecular flexibility index (Phi) is 6.36. The molecule has 2 aromatic carbocycles. The summed E-state index contributed by atoms with van der Waals surface area (Å²) in [7, 11) is 1.61. The van der Waals surface area contributed by atoms with E-state index in [-0.39, 0.29) is 17.7 Å². The summed E-state index contributed by atoms with van der Waals surface area (Å²) in [6, 6.07) is 18.5. The fraction of sp³-hybridized carbons (Fsp3) is 0.280. The zero-order chi connectivity index (χ0) is 21.6. The molecule has 1 aromatic heterocycles. The molecule has 0 saturated carbocycles. The number of amides is 2. The molecule has 1 N–H and O–H groups in total. The smallest absolute Gasteiger partial charge is 0.253 e. The van der Waals surface area contributed by atoms with Crippen LogP contribution in [-0.2, 0) is 6.54 Å². The summed E-state index contributed by atoms with van der Waals surface area (Å²) >= 11 is 0. The average molecular weight is 418 g/mol. The van der Waals surface area contributed by atoms with Gasteiger partial charge in [-0.3, -0.25) is 9.59 Å². The largest absolute Gasteiger partial charge is 0.497 e. The first kappa shape index (κ1) is 20.7. The van der Waals surface area contributed by atoms with Crippen molar-refractivity contribution in [2.45, 2.75) is 25.3 Å². The summed E-state index contributed by atoms with van der Waals surface area (Å²) in [4.78, 5) is 27.4. The summed E-state index contributed by atoms with van der Waals surface area (Å²) in [6.45, 7) is 1.73. The van der Waals surface area contributed by atoms with Crippen molar-refractivity contribution in [3.05, 3.63) is 89.4 Å². The fourth-order valence-corrected chi connectivity index (χ4v) is 3.97. The molecule has 160 valence electrons. The molecule has 2 heterocycles. The Hall–Kier alpha value is -3.54. The van der Waals surface area contributed by atoms with Gasteiger partial charge in [0.25, 0.3) is 11.8 Å². The number of benzene rings is 2. The van der Waals surface area contributed by atoms with Gasteiger partial charge < -0.3 is 19.4 Å². The topological polar surface area (TPSA) is 71.8 Å². The number of nitrogens with one attached hydrogen (secondary N) is 1. The normalized spacial score (nSPS) is 16.0. The molecule has 31 heavy (non-hydrogen) atoms. The van der Waals surface area contributed by atoms with Gasteiger partial charge >= 0.3 is 0 Å². The van der Waals surface area contributed by atoms with Crippen LogP contribution in [0.15, 0.2) is 71.3 Å². The van der Waals surface area contributed by atoms with Crippen molar-refractivity contribution in [3.8, 4) is 5.75 Å². The Morgan fingerprint density at radius 3 is 2.68 bits per heavy atom. The maximum absolute atomic E-state index is 13.0. The Morgan fingerprint density at radius 1 is 1.10 bits per heavy atom. The van der Waals surface area contributed by atoms with Gasteiger partial charge in [-0.2, -0.15) is 0 Å². The molecule has 1 unspecified atom stereocenters. The molecule has 3 aromatic rings. The van der Waals surface area contributed by atoms with Crippen molar-refractivity contribution < 1.29 is 18.7 Å². The monoisotopic (exact) mass is 418 g/mol. The molecule has 1 aliphatic heterocycles. The molecular formula is C25H26N2O4. The van der Waals surface area contributed by atoms with Crippen LogP contribution >= 0.6 is 0 Å². The van der Waals surface area contributed by atoms with E-state index in [1.165, 1.54) is 0 Å². The molecule has 0 bridgehead atoms. The van der Waals surface area contributed by atoms with Crippen LogP contribution in [0.3, 0.4) is 0 Å². The standard InChI is InChI=1S/C25H26N2O4/c1-30-22-11-9-18(10-12-22)25(29)27-13-3-7-21(17-27)19-5-2-6-20(15-19)24(28)26-16-23-8-4-14-31-23/h2,4-6,8-12,14-15,21H,3,7,13,16-17H2,1H3,(H,26,28). The number of methoxy groups -OCH3 is 1. The predicted molar refractivity (Wildman–Crippen MR) is 117 cm³/mol. The van der Waals surface area contributed by atoms with Crippen molar-refractivity contribution in [1.82, 2.24) is 10.2 Å². The number of ether oxygens (including phenoxy) is 1. The molecule has 0 spiro atoms. The minimum Gasteiger partial charge on any atom is -0.497 e. The lowest BCUT2D eigenvalue weighted by molar-refractivity contribution is 0.0706. The third-order valence-electron chi connectivity index (χ3n) is 5.67. The molecule has 0 radical (unpaired) electrons. The Bertz CT molecular complexity index is 1030. The summed E-state index contributed by atoms with van der Waals surface area (Å²) in [6.07, 6.45) is 3.51. The SMILES string of the molecule is COc1ccc(C(=O)N2CCCC(c3cccc(C(=O)NCc4ccco4)c3)C2)cc1. The second-order valence-corrected chi connectivity index (χ2v) is 7.71. The van der Waals surface area contributed by atoms with Crippen LogP contribution < -0.4 is 10.1 Å². The van der Waals surface area contributed by atoms with E-state index in [1.807, 2.05) is 35.2 Å². The van der Waals surface area contributed by atoms with Gasteiger partial charge in [0.05, 0.1) is 19.9 Å². The Labute approximate surface area is 181 Å². The number of carbonyl (C=O) groups is 2. The van der Waals surface area contributed by atoms with Gasteiger partial charge in [0.15, 0.2) is 0 Å². The summed E-state index contributed by atoms with van der Waals surface area (Å²) < 4.78 is 10.4. The fourth-order valence-electron chi connectivity index (χ4n) is 3.97. The van der Waals surface area contributed by atoms with E-state index < -0.39 is 0 Å². The van der Waals surface area contributed by atoms with Gasteiger partial charge in [-0.1, -0.05) is 12.1 Å². The number of furan rings is 1. The van der Waals surface area contributed by atoms with E-state index in [0.29, 0.717) is 30.0 Å². The van der Waals surface area contributed by atoms with Crippen molar-refractivity contribution in [2.75, 3.05) is 20.2 Å². The van der Waals surface area contributed by atoms with Crippen LogP contribution in [-0.4, -0.2) is 36.9 Å². The molecule has 6 nitrogen and oxygen atoms in total. The van der Waals surface area contributed by atoms with Crippen LogP contribution in [0.2, 0.25) is 0 Å². The van der Waals surface area contributed by atoms with Crippen LogP contribution in [0.25, 0.3) is 0 Å². The van der Waals surface area contributed by atoms with Gasteiger partial charge in [0.1, 0.15) is 11.5 Å². The Morgan fingerprint density at radius 2 is 1.94 bits per heavy atom. The molecule has 2 amide bonds. The van der Waals surface area contributed by atoms with Gasteiger partial charge in [-0.05, 0) is 66.9 Å². The minimum atomic E-state index is -0.139. The number of rotatable bonds is 6. The highest BCUT2D eigenvalue weighted by molar-refractivity contribution is 5.95. The van der Waals surface area contributed by atoms with E-state index in [4.69, 9.17) is 9.15 Å². The first-order chi connectivity index (χ1) is 15.1. The third kappa shape index (κ3) is 4.97. The van der Waals surface area contributed by atoms with Gasteiger partial charge in [-0.25, -0.2) is 0 Å². The molecule has 1 atom stereocenters. The van der Waals surface area contributed by atoms with Crippen molar-refractivity contribution in [3.63, 3.8) is 0 Å². The zero-order valence-electron chi connectivity index (χ0n) is 17.5. The van der Waals surface area contributed by atoms with Crippen molar-refractivity contribution in [1.29, 1.82) is 0 Å². The molecule has 4 rings (SSSR count). The second-order valence-electron chi connectivity index (χ2n) is 7.71. The highest BCUT2D eigenvalue weighted by Gasteiger charge is 2.26. The Balaban J connectivity index is 1.42. The van der Waals surface area contributed by atoms with Crippen LogP contribution in [0.1, 0.15) is 50.8 Å². The third-order valence-corrected chi connectivity index (χ3v) is 5.67. The minimum absolute atomic E-state index is 0.0275. The highest BCUT2D eigenvalue weighted by atomic mass is 16.5. The van der Waals surface area contributed by atoms with Gasteiger partial charge in [-0.15, -0.1) is 0 Å². The van der Waals surface area contributed by atoms with Crippen molar-refractivity contribution in [2.24, 2.45) is 0 Å². The molecule has 0 aliphatic carbocycles. The van der Waals surface area contributed by atoms with E-state index >= 15 is 0 Å². The second kappa shape index (κ2) is 9.51. The summed E-state index contributed by atoms with van der Waals surface area (Å²) in [5.41, 5.74) is 2.35. The van der Waals surface area contributed by atoms with E-state index in [9.17, 15) is 9.59 Å². The lowest BCUT2D eigenvalue weighted by Crippen LogP contribution is -2.39. The zero-order valence-corrected chi connectivity index (χ0v) is 17.5. The van der Waals surface area contributed by atoms with Gasteiger partial charge in [0.2, 0.25) is 0 Å². The number of likely N-dealkylation sites (tertiary alicyclic amines) is 1.